The van der Waals surface area contributed by atoms with E-state index in [1.807, 2.05) is 18.2 Å². The number of rotatable bonds is 5. The van der Waals surface area contributed by atoms with Crippen LogP contribution in [0.4, 0.5) is 0 Å². The van der Waals surface area contributed by atoms with Crippen LogP contribution in [0.25, 0.3) is 0 Å². The predicted octanol–water partition coefficient (Wildman–Crippen LogP) is 2.37. The van der Waals surface area contributed by atoms with E-state index in [9.17, 15) is 4.79 Å². The van der Waals surface area contributed by atoms with Crippen molar-refractivity contribution >= 4 is 17.7 Å². The molecule has 1 aliphatic heterocycles. The van der Waals surface area contributed by atoms with Crippen molar-refractivity contribution in [2.45, 2.75) is 5.03 Å². The third kappa shape index (κ3) is 3.71. The second-order valence-electron chi connectivity index (χ2n) is 4.63. The third-order valence-corrected chi connectivity index (χ3v) is 4.03. The molecule has 1 N–H and O–H groups in total. The van der Waals surface area contributed by atoms with E-state index in [0.717, 1.165) is 10.8 Å². The first-order chi connectivity index (χ1) is 10.8. The number of nitrogens with one attached hydrogen (secondary N) is 1. The van der Waals surface area contributed by atoms with Crippen LogP contribution in [0.2, 0.25) is 0 Å². The molecule has 0 spiro atoms. The number of carbonyl (C=O) groups excluding carboxylic acids is 1. The fourth-order valence-corrected chi connectivity index (χ4v) is 2.76. The smallest absolute Gasteiger partial charge is 0.251 e. The van der Waals surface area contributed by atoms with Gasteiger partial charge in [0.25, 0.3) is 5.91 Å². The zero-order valence-corrected chi connectivity index (χ0v) is 12.8. The second kappa shape index (κ2) is 7.17. The average Bonchev–Trinajstić information content (AvgIpc) is 2.59. The summed E-state index contributed by atoms with van der Waals surface area (Å²) in [6.07, 6.45) is 1.76. The number of benzene rings is 1. The van der Waals surface area contributed by atoms with Crippen LogP contribution in [-0.2, 0) is 0 Å². The maximum absolute atomic E-state index is 12.1. The Morgan fingerprint density at radius 1 is 1.18 bits per heavy atom. The third-order valence-electron chi connectivity index (χ3n) is 3.08. The highest BCUT2D eigenvalue weighted by molar-refractivity contribution is 7.99. The number of fused-ring (bicyclic) bond motifs is 1. The van der Waals surface area contributed by atoms with Gasteiger partial charge < -0.3 is 14.8 Å². The highest BCUT2D eigenvalue weighted by Crippen LogP contribution is 2.30. The van der Waals surface area contributed by atoms with Crippen molar-refractivity contribution < 1.29 is 14.3 Å². The Hall–Kier alpha value is -2.21. The van der Waals surface area contributed by atoms with Gasteiger partial charge in [-0.2, -0.15) is 0 Å². The Labute approximate surface area is 133 Å². The summed E-state index contributed by atoms with van der Waals surface area (Å²) in [6.45, 7) is 1.64. The monoisotopic (exact) mass is 316 g/mol. The van der Waals surface area contributed by atoms with E-state index in [2.05, 4.69) is 10.3 Å². The van der Waals surface area contributed by atoms with E-state index in [4.69, 9.17) is 9.47 Å². The van der Waals surface area contributed by atoms with E-state index in [0.29, 0.717) is 36.8 Å². The molecule has 1 aliphatic rings. The van der Waals surface area contributed by atoms with Crippen molar-refractivity contribution in [3.63, 3.8) is 0 Å². The number of hydrogen-bond acceptors (Lipinski definition) is 5. The van der Waals surface area contributed by atoms with Crippen LogP contribution < -0.4 is 14.8 Å². The molecule has 5 nitrogen and oxygen atoms in total. The van der Waals surface area contributed by atoms with Crippen LogP contribution >= 0.6 is 11.8 Å². The maximum atomic E-state index is 12.1. The van der Waals surface area contributed by atoms with Gasteiger partial charge in [0.15, 0.2) is 11.5 Å². The topological polar surface area (TPSA) is 60.5 Å². The molecule has 0 fully saturated rings. The summed E-state index contributed by atoms with van der Waals surface area (Å²) in [5, 5.41) is 3.85. The molecule has 2 heterocycles. The van der Waals surface area contributed by atoms with Gasteiger partial charge in [-0.3, -0.25) is 4.79 Å². The Morgan fingerprint density at radius 2 is 2.05 bits per heavy atom. The molecule has 0 aliphatic carbocycles. The normalized spacial score (nSPS) is 12.7. The van der Waals surface area contributed by atoms with Crippen molar-refractivity contribution in [1.82, 2.24) is 10.3 Å². The summed E-state index contributed by atoms with van der Waals surface area (Å²) < 4.78 is 10.9. The molecular weight excluding hydrogens is 300 g/mol. The lowest BCUT2D eigenvalue weighted by molar-refractivity contribution is 0.0955. The lowest BCUT2D eigenvalue weighted by Crippen LogP contribution is -2.26. The molecule has 6 heteroatoms. The highest BCUT2D eigenvalue weighted by Gasteiger charge is 2.14. The molecule has 0 saturated heterocycles. The summed E-state index contributed by atoms with van der Waals surface area (Å²) in [5.41, 5.74) is 0.576. The molecule has 22 heavy (non-hydrogen) atoms. The fraction of sp³-hybridized carbons (Fsp3) is 0.250. The number of nitrogens with zero attached hydrogens (tertiary/aromatic N) is 1. The van der Waals surface area contributed by atoms with Crippen LogP contribution in [0.3, 0.4) is 0 Å². The fourth-order valence-electron chi connectivity index (χ4n) is 2.04. The Kier molecular flexibility index (Phi) is 4.80. The largest absolute Gasteiger partial charge is 0.486 e. The molecule has 2 aromatic rings. The molecule has 0 radical (unpaired) electrons. The zero-order valence-electron chi connectivity index (χ0n) is 12.0. The Morgan fingerprint density at radius 3 is 2.86 bits per heavy atom. The number of ether oxygens (including phenoxy) is 2. The number of carbonyl (C=O) groups is 1. The number of aromatic nitrogens is 1. The summed E-state index contributed by atoms with van der Waals surface area (Å²) in [5.74, 6) is 1.97. The molecule has 1 aromatic carbocycles. The Bertz CT molecular complexity index is 649. The van der Waals surface area contributed by atoms with Crippen LogP contribution in [0.5, 0.6) is 11.5 Å². The van der Waals surface area contributed by atoms with Gasteiger partial charge in [0.05, 0.1) is 5.03 Å². The minimum atomic E-state index is -0.112. The lowest BCUT2D eigenvalue weighted by atomic mass is 10.2. The maximum Gasteiger partial charge on any atom is 0.251 e. The van der Waals surface area contributed by atoms with Gasteiger partial charge in [0, 0.05) is 24.1 Å². The van der Waals surface area contributed by atoms with Crippen LogP contribution in [0.1, 0.15) is 10.4 Å². The number of thioether (sulfide) groups is 1. The van der Waals surface area contributed by atoms with Crippen LogP contribution in [0.15, 0.2) is 47.6 Å². The predicted molar refractivity (Wildman–Crippen MR) is 84.7 cm³/mol. The SMILES string of the molecule is O=C(NCCSc1ccccn1)c1ccc2c(c1)OCCO2. The van der Waals surface area contributed by atoms with E-state index in [-0.39, 0.29) is 5.91 Å². The minimum absolute atomic E-state index is 0.112. The lowest BCUT2D eigenvalue weighted by Gasteiger charge is -2.18. The van der Waals surface area contributed by atoms with Gasteiger partial charge in [-0.05, 0) is 30.3 Å². The molecule has 1 amide bonds. The quantitative estimate of drug-likeness (QED) is 0.678. The minimum Gasteiger partial charge on any atom is -0.486 e. The van der Waals surface area contributed by atoms with E-state index < -0.39 is 0 Å². The molecule has 3 rings (SSSR count). The highest BCUT2D eigenvalue weighted by atomic mass is 32.2. The summed E-state index contributed by atoms with van der Waals surface area (Å²) in [4.78, 5) is 16.3. The standard InChI is InChI=1S/C16H16N2O3S/c19-16(18-7-10-22-15-3-1-2-6-17-15)12-4-5-13-14(11-12)21-9-8-20-13/h1-6,11H,7-10H2,(H,18,19). The molecule has 0 bridgehead atoms. The molecule has 1 aromatic heterocycles. The van der Waals surface area contributed by atoms with E-state index in [1.54, 1.807) is 36.2 Å². The summed E-state index contributed by atoms with van der Waals surface area (Å²) >= 11 is 1.61. The van der Waals surface area contributed by atoms with E-state index in [1.165, 1.54) is 0 Å². The first-order valence-electron chi connectivity index (χ1n) is 7.04. The van der Waals surface area contributed by atoms with Gasteiger partial charge in [-0.1, -0.05) is 6.07 Å². The first kappa shape index (κ1) is 14.7. The Balaban J connectivity index is 1.49. The summed E-state index contributed by atoms with van der Waals surface area (Å²) in [6, 6.07) is 11.0. The van der Waals surface area contributed by atoms with Gasteiger partial charge in [-0.25, -0.2) is 4.98 Å². The van der Waals surface area contributed by atoms with E-state index >= 15 is 0 Å². The van der Waals surface area contributed by atoms with Gasteiger partial charge in [0.1, 0.15) is 13.2 Å². The molecule has 0 saturated carbocycles. The number of pyridine rings is 1. The second-order valence-corrected chi connectivity index (χ2v) is 5.75. The van der Waals surface area contributed by atoms with Gasteiger partial charge in [0.2, 0.25) is 0 Å². The van der Waals surface area contributed by atoms with Crippen LogP contribution in [0, 0.1) is 0 Å². The molecule has 0 unspecified atom stereocenters. The van der Waals surface area contributed by atoms with Crippen molar-refractivity contribution in [2.75, 3.05) is 25.5 Å². The van der Waals surface area contributed by atoms with Crippen molar-refractivity contribution in [2.24, 2.45) is 0 Å². The van der Waals surface area contributed by atoms with Crippen LogP contribution in [-0.4, -0.2) is 36.4 Å². The van der Waals surface area contributed by atoms with Crippen molar-refractivity contribution in [1.29, 1.82) is 0 Å². The number of amides is 1. The number of hydrogen-bond donors (Lipinski definition) is 1. The zero-order chi connectivity index (χ0) is 15.2. The molecule has 114 valence electrons. The summed E-state index contributed by atoms with van der Waals surface area (Å²) in [7, 11) is 0. The van der Waals surface area contributed by atoms with Gasteiger partial charge >= 0.3 is 0 Å². The van der Waals surface area contributed by atoms with Crippen molar-refractivity contribution in [3.8, 4) is 11.5 Å². The average molecular weight is 316 g/mol. The molecule has 0 atom stereocenters. The first-order valence-corrected chi connectivity index (χ1v) is 8.03. The van der Waals surface area contributed by atoms with Crippen molar-refractivity contribution in [3.05, 3.63) is 48.2 Å². The van der Waals surface area contributed by atoms with Gasteiger partial charge in [-0.15, -0.1) is 11.8 Å². The molecular formula is C16H16N2O3S.